The highest BCUT2D eigenvalue weighted by Crippen LogP contribution is 2.39. The predicted octanol–water partition coefficient (Wildman–Crippen LogP) is 7.63. The fourth-order valence-corrected chi connectivity index (χ4v) is 6.19. The number of piperazine rings is 1. The van der Waals surface area contributed by atoms with Crippen molar-refractivity contribution in [1.82, 2.24) is 9.80 Å². The maximum absolute atomic E-state index is 9.66. The van der Waals surface area contributed by atoms with Gasteiger partial charge >= 0.3 is 0 Å². The van der Waals surface area contributed by atoms with Crippen molar-refractivity contribution in [2.45, 2.75) is 77.4 Å². The fraction of sp³-hybridized carbons (Fsp3) is 0.424. The number of nitriles is 1. The second-order valence-corrected chi connectivity index (χ2v) is 17.1. The van der Waals surface area contributed by atoms with Gasteiger partial charge < -0.3 is 4.43 Å². The van der Waals surface area contributed by atoms with E-state index in [1.54, 1.807) is 0 Å². The van der Waals surface area contributed by atoms with E-state index < -0.39 is 8.32 Å². The third-order valence-corrected chi connectivity index (χ3v) is 12.8. The standard InChI is InChI=1S/C33H43N3OSi/c1-25-23-36(26(2)22-35(25)24-27-13-9-8-10-14-27)32(29-16-11-15-28(19-29)21-34)30-17-12-18-31(20-30)37-38(6,7)33(3,4)5/h8-20,25-26,32H,22-24H2,1-7H3/t25-,26+,32-/m1/s1. The third-order valence-electron chi connectivity index (χ3n) is 8.41. The summed E-state index contributed by atoms with van der Waals surface area (Å²) >= 11 is 0. The summed E-state index contributed by atoms with van der Waals surface area (Å²) in [5.41, 5.74) is 4.43. The first-order valence-corrected chi connectivity index (χ1v) is 16.7. The van der Waals surface area contributed by atoms with Gasteiger partial charge in [-0.3, -0.25) is 9.80 Å². The molecule has 0 spiro atoms. The highest BCUT2D eigenvalue weighted by atomic mass is 28.4. The van der Waals surface area contributed by atoms with Crippen LogP contribution in [0.4, 0.5) is 0 Å². The summed E-state index contributed by atoms with van der Waals surface area (Å²) in [6.07, 6.45) is 0. The quantitative estimate of drug-likeness (QED) is 0.297. The van der Waals surface area contributed by atoms with Crippen LogP contribution in [0.2, 0.25) is 18.1 Å². The van der Waals surface area contributed by atoms with E-state index in [1.807, 2.05) is 12.1 Å². The van der Waals surface area contributed by atoms with Crippen LogP contribution in [-0.4, -0.2) is 43.3 Å². The molecule has 0 aliphatic carbocycles. The Balaban J connectivity index is 1.68. The highest BCUT2D eigenvalue weighted by Gasteiger charge is 2.39. The molecule has 0 radical (unpaired) electrons. The van der Waals surface area contributed by atoms with Crippen molar-refractivity contribution in [3.05, 3.63) is 101 Å². The molecule has 3 aromatic rings. The molecule has 200 valence electrons. The Kier molecular flexibility index (Phi) is 8.47. The van der Waals surface area contributed by atoms with Gasteiger partial charge in [0.25, 0.3) is 0 Å². The summed E-state index contributed by atoms with van der Waals surface area (Å²) in [7, 11) is -1.97. The highest BCUT2D eigenvalue weighted by molar-refractivity contribution is 6.74. The zero-order chi connectivity index (χ0) is 27.5. The van der Waals surface area contributed by atoms with Crippen molar-refractivity contribution >= 4 is 8.32 Å². The van der Waals surface area contributed by atoms with Gasteiger partial charge in [0, 0.05) is 31.7 Å². The van der Waals surface area contributed by atoms with Gasteiger partial charge in [-0.25, -0.2) is 0 Å². The Morgan fingerprint density at radius 1 is 0.895 bits per heavy atom. The largest absolute Gasteiger partial charge is 0.543 e. The molecule has 1 aliphatic rings. The fourth-order valence-electron chi connectivity index (χ4n) is 5.17. The molecule has 0 bridgehead atoms. The van der Waals surface area contributed by atoms with Gasteiger partial charge in [0.15, 0.2) is 0 Å². The average Bonchev–Trinajstić information content (AvgIpc) is 2.87. The molecular weight excluding hydrogens is 482 g/mol. The number of benzene rings is 3. The van der Waals surface area contributed by atoms with Crippen molar-refractivity contribution in [3.8, 4) is 11.8 Å². The second-order valence-electron chi connectivity index (χ2n) is 12.4. The van der Waals surface area contributed by atoms with E-state index in [0.717, 1.165) is 30.9 Å². The van der Waals surface area contributed by atoms with Gasteiger partial charge in [-0.1, -0.05) is 75.4 Å². The van der Waals surface area contributed by atoms with Crippen molar-refractivity contribution in [1.29, 1.82) is 5.26 Å². The van der Waals surface area contributed by atoms with Gasteiger partial charge in [-0.05, 0) is 72.9 Å². The number of nitrogens with zero attached hydrogens (tertiary/aromatic N) is 3. The molecule has 0 saturated carbocycles. The zero-order valence-electron chi connectivity index (χ0n) is 24.1. The number of hydrogen-bond acceptors (Lipinski definition) is 4. The van der Waals surface area contributed by atoms with Crippen LogP contribution in [0.5, 0.6) is 5.75 Å². The molecular formula is C33H43N3OSi. The van der Waals surface area contributed by atoms with E-state index in [2.05, 4.69) is 130 Å². The van der Waals surface area contributed by atoms with E-state index in [4.69, 9.17) is 4.43 Å². The summed E-state index contributed by atoms with van der Waals surface area (Å²) < 4.78 is 6.72. The molecule has 1 heterocycles. The first-order valence-electron chi connectivity index (χ1n) is 13.8. The topological polar surface area (TPSA) is 39.5 Å². The summed E-state index contributed by atoms with van der Waals surface area (Å²) in [5, 5.41) is 9.78. The molecule has 4 nitrogen and oxygen atoms in total. The van der Waals surface area contributed by atoms with Gasteiger partial charge in [0.1, 0.15) is 5.75 Å². The molecule has 38 heavy (non-hydrogen) atoms. The van der Waals surface area contributed by atoms with E-state index >= 15 is 0 Å². The van der Waals surface area contributed by atoms with Crippen LogP contribution in [-0.2, 0) is 6.54 Å². The van der Waals surface area contributed by atoms with E-state index in [1.165, 1.54) is 11.1 Å². The van der Waals surface area contributed by atoms with E-state index in [9.17, 15) is 5.26 Å². The molecule has 0 N–H and O–H groups in total. The molecule has 4 rings (SSSR count). The van der Waals surface area contributed by atoms with Crippen LogP contribution < -0.4 is 4.43 Å². The minimum Gasteiger partial charge on any atom is -0.543 e. The number of hydrogen-bond donors (Lipinski definition) is 0. The lowest BCUT2D eigenvalue weighted by Crippen LogP contribution is -2.56. The molecule has 5 heteroatoms. The second kappa shape index (κ2) is 11.5. The molecule has 1 saturated heterocycles. The van der Waals surface area contributed by atoms with Gasteiger partial charge in [0.2, 0.25) is 8.32 Å². The van der Waals surface area contributed by atoms with Crippen LogP contribution in [0.25, 0.3) is 0 Å². The summed E-state index contributed by atoms with van der Waals surface area (Å²) in [6, 6.07) is 30.7. The first-order chi connectivity index (χ1) is 18.0. The maximum atomic E-state index is 9.66. The third kappa shape index (κ3) is 6.38. The number of rotatable bonds is 7. The Labute approximate surface area is 231 Å². The van der Waals surface area contributed by atoms with Gasteiger partial charge in [0.05, 0.1) is 17.7 Å². The van der Waals surface area contributed by atoms with E-state index in [-0.39, 0.29) is 11.1 Å². The van der Waals surface area contributed by atoms with Crippen molar-refractivity contribution < 1.29 is 4.43 Å². The zero-order valence-corrected chi connectivity index (χ0v) is 25.1. The Morgan fingerprint density at radius 3 is 2.21 bits per heavy atom. The van der Waals surface area contributed by atoms with Crippen LogP contribution in [0, 0.1) is 11.3 Å². The van der Waals surface area contributed by atoms with Gasteiger partial charge in [-0.2, -0.15) is 5.26 Å². The van der Waals surface area contributed by atoms with Gasteiger partial charge in [-0.15, -0.1) is 0 Å². The minimum absolute atomic E-state index is 0.0441. The SMILES string of the molecule is C[C@@H]1CN([C@H](c2cccc(C#N)c2)c2cccc(O[Si](C)(C)C(C)(C)C)c2)[C@@H](C)CN1Cc1ccccc1. The smallest absolute Gasteiger partial charge is 0.250 e. The molecule has 0 unspecified atom stereocenters. The van der Waals surface area contributed by atoms with Crippen LogP contribution >= 0.6 is 0 Å². The monoisotopic (exact) mass is 525 g/mol. The lowest BCUT2D eigenvalue weighted by Gasteiger charge is -2.48. The maximum Gasteiger partial charge on any atom is 0.250 e. The molecule has 1 aliphatic heterocycles. The van der Waals surface area contributed by atoms with Crippen LogP contribution in [0.1, 0.15) is 62.9 Å². The minimum atomic E-state index is -1.97. The van der Waals surface area contributed by atoms with Crippen molar-refractivity contribution in [3.63, 3.8) is 0 Å². The Hall–Kier alpha value is -2.91. The lowest BCUT2D eigenvalue weighted by atomic mass is 9.92. The van der Waals surface area contributed by atoms with Crippen LogP contribution in [0.15, 0.2) is 78.9 Å². The molecule has 3 atom stereocenters. The normalized spacial score (nSPS) is 20.1. The Morgan fingerprint density at radius 2 is 1.55 bits per heavy atom. The van der Waals surface area contributed by atoms with Crippen molar-refractivity contribution in [2.75, 3.05) is 13.1 Å². The molecule has 0 aromatic heterocycles. The summed E-state index contributed by atoms with van der Waals surface area (Å²) in [5.74, 6) is 0.943. The van der Waals surface area contributed by atoms with E-state index in [0.29, 0.717) is 17.6 Å². The van der Waals surface area contributed by atoms with Crippen LogP contribution in [0.3, 0.4) is 0 Å². The predicted molar refractivity (Wildman–Crippen MR) is 160 cm³/mol. The average molecular weight is 526 g/mol. The molecule has 0 amide bonds. The lowest BCUT2D eigenvalue weighted by molar-refractivity contribution is 0.0195. The first kappa shape index (κ1) is 28.1. The molecule has 3 aromatic carbocycles. The van der Waals surface area contributed by atoms with Crippen molar-refractivity contribution in [2.24, 2.45) is 0 Å². The summed E-state index contributed by atoms with van der Waals surface area (Å²) in [4.78, 5) is 5.21. The Bertz CT molecular complexity index is 1260. The molecule has 1 fully saturated rings. The summed E-state index contributed by atoms with van der Waals surface area (Å²) in [6.45, 7) is 19.0.